The zero-order chi connectivity index (χ0) is 48.1. The topological polar surface area (TPSA) is 217 Å². The van der Waals surface area contributed by atoms with Gasteiger partial charge in [0, 0.05) is 126 Å². The van der Waals surface area contributed by atoms with Crippen LogP contribution in [0.5, 0.6) is 6.01 Å². The molecular formula is C46H65ClF2N12O6S2. The number of urea groups is 1. The maximum Gasteiger partial charge on any atom is 0.319 e. The van der Waals surface area contributed by atoms with Crippen LogP contribution in [0.3, 0.4) is 0 Å². The third kappa shape index (κ3) is 13.9. The molecule has 23 heteroatoms. The highest BCUT2D eigenvalue weighted by molar-refractivity contribution is 8.00. The second kappa shape index (κ2) is 25.4. The van der Waals surface area contributed by atoms with E-state index in [1.54, 1.807) is 6.07 Å². The van der Waals surface area contributed by atoms with Crippen molar-refractivity contribution in [3.05, 3.63) is 34.9 Å². The van der Waals surface area contributed by atoms with Crippen LogP contribution in [0, 0.1) is 11.6 Å². The number of amides is 3. The Morgan fingerprint density at radius 2 is 1.68 bits per heavy atom. The Labute approximate surface area is 414 Å². The van der Waals surface area contributed by atoms with Gasteiger partial charge in [-0.25, -0.2) is 18.6 Å². The van der Waals surface area contributed by atoms with Crippen molar-refractivity contribution in [3.8, 4) is 17.1 Å². The number of aliphatic hydroxyl groups excluding tert-OH is 1. The number of hydrogen-bond acceptors (Lipinski definition) is 17. The zero-order valence-corrected chi connectivity index (χ0v) is 41.3. The summed E-state index contributed by atoms with van der Waals surface area (Å²) >= 11 is 9.68. The number of carbonyl (C=O) groups is 2. The Bertz CT molecular complexity index is 2350. The van der Waals surface area contributed by atoms with Crippen LogP contribution in [0.15, 0.2) is 18.2 Å². The van der Waals surface area contributed by atoms with Gasteiger partial charge >= 0.3 is 12.0 Å². The molecule has 4 saturated heterocycles. The number of nitrogens with one attached hydrogen (secondary N) is 5. The minimum Gasteiger partial charge on any atom is -0.463 e. The molecule has 0 radical (unpaired) electrons. The highest BCUT2D eigenvalue weighted by atomic mass is 35.5. The van der Waals surface area contributed by atoms with Gasteiger partial charge in [0.25, 0.3) is 0 Å². The number of nitrogens with two attached hydrogens (primary N) is 1. The smallest absolute Gasteiger partial charge is 0.319 e. The Morgan fingerprint density at radius 1 is 0.928 bits per heavy atom. The summed E-state index contributed by atoms with van der Waals surface area (Å²) in [6, 6.07) is 4.84. The highest BCUT2D eigenvalue weighted by Crippen LogP contribution is 2.43. The van der Waals surface area contributed by atoms with Crippen molar-refractivity contribution >= 4 is 78.7 Å². The summed E-state index contributed by atoms with van der Waals surface area (Å²) in [5, 5.41) is 26.7. The molecule has 2 aromatic carbocycles. The van der Waals surface area contributed by atoms with E-state index >= 15 is 4.39 Å². The van der Waals surface area contributed by atoms with Crippen LogP contribution in [-0.2, 0) is 14.3 Å². The number of rotatable bonds is 26. The second-order valence-corrected chi connectivity index (χ2v) is 20.5. The number of unbranched alkanes of at least 4 members (excludes halogenated alkanes) is 1. The minimum atomic E-state index is -0.682. The number of piperazine rings is 2. The standard InChI is InChI=1S/C46H65ClF2N12O6S2/c47-31-27-30-39(38(49)37(31)29-7-8-32(48)42-40(29)55-44(50)69-42)57-46(58-43(30)61-16-10-51-11-17-61)67-23-4-15-60-20-18-59(19-21-60)14-3-22-65-24-9-36(63)53-13-26-66-25-12-52-35(62)6-2-1-5-34-41-33(28-68-34)54-45(64)56-41/h7-8,27,33-34,36,41,51,53,63H,1-6,9-26,28H2,(H2,50,55)(H,52,62)(H2,54,56,64)/t33-,34-,36?,41-/m0/s1. The van der Waals surface area contributed by atoms with E-state index in [1.807, 2.05) is 11.8 Å². The number of fused-ring (bicyclic) bond motifs is 3. The lowest BCUT2D eigenvalue weighted by molar-refractivity contribution is -0.121. The van der Waals surface area contributed by atoms with Crippen molar-refractivity contribution in [2.24, 2.45) is 0 Å². The number of aromatic nitrogens is 3. The Kier molecular flexibility index (Phi) is 18.9. The van der Waals surface area contributed by atoms with Gasteiger partial charge in [-0.1, -0.05) is 29.4 Å². The lowest BCUT2D eigenvalue weighted by Gasteiger charge is -2.34. The summed E-state index contributed by atoms with van der Waals surface area (Å²) < 4.78 is 49.1. The molecule has 4 atom stereocenters. The molecule has 4 fully saturated rings. The van der Waals surface area contributed by atoms with Gasteiger partial charge in [0.15, 0.2) is 10.9 Å². The number of ether oxygens (including phenoxy) is 3. The number of thioether (sulfide) groups is 1. The van der Waals surface area contributed by atoms with Crippen LogP contribution in [0.4, 0.5) is 24.5 Å². The molecule has 6 heterocycles. The summed E-state index contributed by atoms with van der Waals surface area (Å²) in [6.07, 6.45) is 4.70. The SMILES string of the molecule is Nc1nc2c(-c3c(Cl)cc4c(N5CCNCC5)nc(OCCCN5CCN(CCCOCCC(O)NCCOCCNC(=O)CCCC[C@@H]6SC[C@@H]7NC(=O)N[C@@H]76)CC5)nc4c3F)ccc(F)c2s1. The molecule has 0 bridgehead atoms. The van der Waals surface area contributed by atoms with E-state index in [4.69, 9.17) is 36.5 Å². The maximum absolute atomic E-state index is 16.7. The third-order valence-electron chi connectivity index (χ3n) is 12.9. The van der Waals surface area contributed by atoms with Crippen molar-refractivity contribution < 1.29 is 37.7 Å². The Balaban J connectivity index is 0.663. The fraction of sp³-hybridized carbons (Fsp3) is 0.630. The van der Waals surface area contributed by atoms with Gasteiger partial charge in [-0.15, -0.1) is 0 Å². The van der Waals surface area contributed by atoms with E-state index in [0.29, 0.717) is 94.1 Å². The molecule has 18 nitrogen and oxygen atoms in total. The van der Waals surface area contributed by atoms with Crippen LogP contribution in [0.25, 0.3) is 32.2 Å². The van der Waals surface area contributed by atoms with Crippen molar-refractivity contribution in [2.75, 3.05) is 128 Å². The second-order valence-electron chi connectivity index (χ2n) is 17.8. The Hall–Kier alpha value is -3.97. The third-order valence-corrected chi connectivity index (χ3v) is 15.6. The highest BCUT2D eigenvalue weighted by Gasteiger charge is 2.42. The fourth-order valence-electron chi connectivity index (χ4n) is 9.29. The predicted octanol–water partition coefficient (Wildman–Crippen LogP) is 3.78. The zero-order valence-electron chi connectivity index (χ0n) is 38.9. The lowest BCUT2D eigenvalue weighted by Crippen LogP contribution is -2.47. The number of aliphatic hydroxyl groups is 1. The first-order valence-corrected chi connectivity index (χ1v) is 26.5. The van der Waals surface area contributed by atoms with Crippen LogP contribution in [-0.4, -0.2) is 183 Å². The van der Waals surface area contributed by atoms with Gasteiger partial charge in [0.2, 0.25) is 5.91 Å². The fourth-order valence-corrected chi connectivity index (χ4v) is 11.9. The number of thiazole rings is 1. The molecule has 378 valence electrons. The average Bonchev–Trinajstić information content (AvgIpc) is 4.05. The van der Waals surface area contributed by atoms with Gasteiger partial charge in [-0.05, 0) is 43.9 Å². The number of nitrogens with zero attached hydrogens (tertiary/aromatic N) is 6. The van der Waals surface area contributed by atoms with Crippen LogP contribution in [0.2, 0.25) is 5.02 Å². The summed E-state index contributed by atoms with van der Waals surface area (Å²) in [5.74, 6) is 0.361. The van der Waals surface area contributed by atoms with E-state index in [1.165, 1.54) is 12.1 Å². The molecule has 3 amide bonds. The van der Waals surface area contributed by atoms with Crippen LogP contribution in [0.1, 0.15) is 44.9 Å². The molecule has 2 aromatic heterocycles. The molecule has 69 heavy (non-hydrogen) atoms. The van der Waals surface area contributed by atoms with E-state index in [2.05, 4.69) is 51.3 Å². The Morgan fingerprint density at radius 3 is 2.48 bits per heavy atom. The van der Waals surface area contributed by atoms with Crippen LogP contribution < -0.4 is 42.0 Å². The normalized spacial score (nSPS) is 20.4. The molecule has 4 aliphatic heterocycles. The van der Waals surface area contributed by atoms with Gasteiger partial charge in [-0.3, -0.25) is 10.1 Å². The van der Waals surface area contributed by atoms with E-state index in [-0.39, 0.29) is 61.5 Å². The summed E-state index contributed by atoms with van der Waals surface area (Å²) in [4.78, 5) is 44.3. The van der Waals surface area contributed by atoms with Crippen molar-refractivity contribution in [2.45, 2.75) is 68.5 Å². The van der Waals surface area contributed by atoms with Gasteiger partial charge in [0.05, 0.1) is 53.8 Å². The molecular weight excluding hydrogens is 954 g/mol. The van der Waals surface area contributed by atoms with Crippen molar-refractivity contribution in [1.82, 2.24) is 51.3 Å². The largest absolute Gasteiger partial charge is 0.463 e. The van der Waals surface area contributed by atoms with E-state index in [9.17, 15) is 19.1 Å². The number of hydrogen-bond donors (Lipinski definition) is 7. The number of carbonyl (C=O) groups excluding carboxylic acids is 2. The maximum atomic E-state index is 16.7. The average molecular weight is 1020 g/mol. The summed E-state index contributed by atoms with van der Waals surface area (Å²) in [6.45, 7) is 11.6. The van der Waals surface area contributed by atoms with Gasteiger partial charge < -0.3 is 61.0 Å². The van der Waals surface area contributed by atoms with Gasteiger partial charge in [-0.2, -0.15) is 21.7 Å². The minimum absolute atomic E-state index is 0.0217. The monoisotopic (exact) mass is 1020 g/mol. The van der Waals surface area contributed by atoms with Crippen molar-refractivity contribution in [3.63, 3.8) is 0 Å². The van der Waals surface area contributed by atoms with Crippen LogP contribution >= 0.6 is 34.7 Å². The number of halogens is 3. The number of nitrogen functional groups attached to an aromatic ring is 1. The first-order valence-electron chi connectivity index (χ1n) is 24.2. The number of anilines is 2. The van der Waals surface area contributed by atoms with Crippen molar-refractivity contribution in [1.29, 1.82) is 0 Å². The lowest BCUT2D eigenvalue weighted by atomic mass is 10.0. The first kappa shape index (κ1) is 51.4. The molecule has 8 rings (SSSR count). The molecule has 4 aromatic rings. The molecule has 1 unspecified atom stereocenters. The quantitative estimate of drug-likeness (QED) is 0.0271. The van der Waals surface area contributed by atoms with E-state index < -0.39 is 17.9 Å². The summed E-state index contributed by atoms with van der Waals surface area (Å²) in [5.41, 5.74) is 6.63. The molecule has 4 aliphatic rings. The molecule has 0 saturated carbocycles. The first-order chi connectivity index (χ1) is 33.6. The number of benzene rings is 2. The van der Waals surface area contributed by atoms with Gasteiger partial charge in [0.1, 0.15) is 23.4 Å². The molecule has 8 N–H and O–H groups in total. The molecule has 0 spiro atoms. The molecule has 0 aliphatic carbocycles. The predicted molar refractivity (Wildman–Crippen MR) is 267 cm³/mol. The summed E-state index contributed by atoms with van der Waals surface area (Å²) in [7, 11) is 0. The van der Waals surface area contributed by atoms with E-state index in [0.717, 1.165) is 102 Å².